The molecule has 5 heteroatoms. The molecule has 1 N–H and O–H groups in total. The second-order valence-electron chi connectivity index (χ2n) is 3.24. The van der Waals surface area contributed by atoms with Gasteiger partial charge in [0.25, 0.3) is 0 Å². The van der Waals surface area contributed by atoms with Crippen LogP contribution in [0.25, 0.3) is 0 Å². The van der Waals surface area contributed by atoms with E-state index < -0.39 is 6.09 Å². The predicted octanol–water partition coefficient (Wildman–Crippen LogP) is 1.29. The van der Waals surface area contributed by atoms with Gasteiger partial charge in [0.05, 0.1) is 6.04 Å². The number of hydrogen-bond acceptors (Lipinski definition) is 3. The van der Waals surface area contributed by atoms with Gasteiger partial charge in [0, 0.05) is 18.9 Å². The third-order valence-corrected chi connectivity index (χ3v) is 2.38. The van der Waals surface area contributed by atoms with Crippen LogP contribution in [0.15, 0.2) is 18.5 Å². The molecule has 1 fully saturated rings. The summed E-state index contributed by atoms with van der Waals surface area (Å²) in [6, 6.07) is 1.57. The molecular weight excluding hydrogens is 182 g/mol. The average Bonchev–Trinajstić information content (AvgIpc) is 2.67. The molecule has 0 unspecified atom stereocenters. The monoisotopic (exact) mass is 193 g/mol. The largest absolute Gasteiger partial charge is 0.465 e. The zero-order valence-corrected chi connectivity index (χ0v) is 7.63. The van der Waals surface area contributed by atoms with Crippen LogP contribution < -0.4 is 0 Å². The molecule has 0 aliphatic carbocycles. The van der Waals surface area contributed by atoms with Gasteiger partial charge in [0.15, 0.2) is 5.82 Å². The minimum Gasteiger partial charge on any atom is -0.465 e. The Bertz CT molecular complexity index is 328. The molecule has 14 heavy (non-hydrogen) atoms. The van der Waals surface area contributed by atoms with Crippen molar-refractivity contribution in [2.75, 3.05) is 6.54 Å². The number of rotatable bonds is 1. The Hall–Kier alpha value is -1.65. The summed E-state index contributed by atoms with van der Waals surface area (Å²) in [7, 11) is 0. The van der Waals surface area contributed by atoms with Crippen LogP contribution in [-0.4, -0.2) is 32.6 Å². The van der Waals surface area contributed by atoms with Gasteiger partial charge in [0.1, 0.15) is 0 Å². The zero-order chi connectivity index (χ0) is 9.97. The van der Waals surface area contributed by atoms with E-state index in [0.29, 0.717) is 12.4 Å². The number of aromatic nitrogens is 2. The highest BCUT2D eigenvalue weighted by Crippen LogP contribution is 2.28. The molecule has 0 saturated carbocycles. The van der Waals surface area contributed by atoms with Crippen LogP contribution in [0.4, 0.5) is 4.79 Å². The molecule has 0 aromatic carbocycles. The van der Waals surface area contributed by atoms with Crippen molar-refractivity contribution in [3.8, 4) is 0 Å². The van der Waals surface area contributed by atoms with E-state index in [1.165, 1.54) is 4.90 Å². The van der Waals surface area contributed by atoms with E-state index in [1.807, 2.05) is 0 Å². The van der Waals surface area contributed by atoms with Gasteiger partial charge in [-0.3, -0.25) is 4.90 Å². The normalized spacial score (nSPS) is 21.1. The topological polar surface area (TPSA) is 66.3 Å². The molecule has 1 aliphatic rings. The van der Waals surface area contributed by atoms with Gasteiger partial charge in [-0.05, 0) is 18.9 Å². The fourth-order valence-corrected chi connectivity index (χ4v) is 1.75. The summed E-state index contributed by atoms with van der Waals surface area (Å²) in [6.45, 7) is 0.582. The predicted molar refractivity (Wildman–Crippen MR) is 48.7 cm³/mol. The fourth-order valence-electron chi connectivity index (χ4n) is 1.75. The molecule has 0 radical (unpaired) electrons. The lowest BCUT2D eigenvalue weighted by molar-refractivity contribution is 0.138. The molecule has 1 aromatic rings. The van der Waals surface area contributed by atoms with Crippen molar-refractivity contribution in [1.82, 2.24) is 14.9 Å². The Morgan fingerprint density at radius 2 is 2.21 bits per heavy atom. The first-order chi connectivity index (χ1) is 6.79. The van der Waals surface area contributed by atoms with Gasteiger partial charge in [-0.2, -0.15) is 0 Å². The summed E-state index contributed by atoms with van der Waals surface area (Å²) in [5.74, 6) is 0.604. The SMILES string of the molecule is O=C(O)N1CCC[C@H]1c1ncccn1. The molecule has 0 spiro atoms. The van der Waals surface area contributed by atoms with Crippen molar-refractivity contribution < 1.29 is 9.90 Å². The maximum absolute atomic E-state index is 10.9. The molecule has 2 rings (SSSR count). The van der Waals surface area contributed by atoms with E-state index in [2.05, 4.69) is 9.97 Å². The molecule has 1 amide bonds. The highest BCUT2D eigenvalue weighted by Gasteiger charge is 2.31. The Morgan fingerprint density at radius 1 is 1.50 bits per heavy atom. The molecule has 1 atom stereocenters. The summed E-state index contributed by atoms with van der Waals surface area (Å²) in [6.07, 6.45) is 4.09. The number of carbonyl (C=O) groups is 1. The summed E-state index contributed by atoms with van der Waals surface area (Å²) >= 11 is 0. The maximum Gasteiger partial charge on any atom is 0.407 e. The zero-order valence-electron chi connectivity index (χ0n) is 7.63. The van der Waals surface area contributed by atoms with Crippen LogP contribution in [0.2, 0.25) is 0 Å². The van der Waals surface area contributed by atoms with Crippen molar-refractivity contribution in [3.05, 3.63) is 24.3 Å². The van der Waals surface area contributed by atoms with Gasteiger partial charge < -0.3 is 5.11 Å². The smallest absolute Gasteiger partial charge is 0.407 e. The van der Waals surface area contributed by atoms with Gasteiger partial charge >= 0.3 is 6.09 Å². The van der Waals surface area contributed by atoms with Crippen LogP contribution in [0.1, 0.15) is 24.7 Å². The third-order valence-electron chi connectivity index (χ3n) is 2.38. The lowest BCUT2D eigenvalue weighted by atomic mass is 10.2. The second kappa shape index (κ2) is 3.61. The van der Waals surface area contributed by atoms with Gasteiger partial charge in [-0.25, -0.2) is 14.8 Å². The van der Waals surface area contributed by atoms with E-state index in [4.69, 9.17) is 5.11 Å². The first-order valence-electron chi connectivity index (χ1n) is 4.55. The number of nitrogens with zero attached hydrogens (tertiary/aromatic N) is 3. The summed E-state index contributed by atoms with van der Waals surface area (Å²) < 4.78 is 0. The first kappa shape index (κ1) is 8.93. The van der Waals surface area contributed by atoms with E-state index >= 15 is 0 Å². The Balaban J connectivity index is 2.22. The van der Waals surface area contributed by atoms with Gasteiger partial charge in [-0.15, -0.1) is 0 Å². The lowest BCUT2D eigenvalue weighted by Gasteiger charge is -2.19. The van der Waals surface area contributed by atoms with Crippen LogP contribution in [0, 0.1) is 0 Å². The Labute approximate surface area is 81.4 Å². The Kier molecular flexibility index (Phi) is 2.30. The molecule has 74 valence electrons. The molecule has 1 saturated heterocycles. The van der Waals surface area contributed by atoms with E-state index in [0.717, 1.165) is 12.8 Å². The molecule has 5 nitrogen and oxygen atoms in total. The standard InChI is InChI=1S/C9H11N3O2/c13-9(14)12-6-1-3-7(12)8-10-4-2-5-11-8/h2,4-5,7H,1,3,6H2,(H,13,14)/t7-/m0/s1. The average molecular weight is 193 g/mol. The van der Waals surface area contributed by atoms with Gasteiger partial charge in [0.2, 0.25) is 0 Å². The minimum absolute atomic E-state index is 0.159. The number of amides is 1. The summed E-state index contributed by atoms with van der Waals surface area (Å²) in [4.78, 5) is 20.4. The molecule has 0 bridgehead atoms. The minimum atomic E-state index is -0.889. The van der Waals surface area contributed by atoms with Crippen LogP contribution in [0.3, 0.4) is 0 Å². The van der Waals surface area contributed by atoms with E-state index in [1.54, 1.807) is 18.5 Å². The summed E-state index contributed by atoms with van der Waals surface area (Å²) in [5.41, 5.74) is 0. The van der Waals surface area contributed by atoms with Crippen molar-refractivity contribution in [1.29, 1.82) is 0 Å². The van der Waals surface area contributed by atoms with Gasteiger partial charge in [-0.1, -0.05) is 0 Å². The van der Waals surface area contributed by atoms with Crippen molar-refractivity contribution in [2.24, 2.45) is 0 Å². The fraction of sp³-hybridized carbons (Fsp3) is 0.444. The first-order valence-corrected chi connectivity index (χ1v) is 4.55. The van der Waals surface area contributed by atoms with Crippen LogP contribution >= 0.6 is 0 Å². The van der Waals surface area contributed by atoms with Crippen LogP contribution in [0.5, 0.6) is 0 Å². The summed E-state index contributed by atoms with van der Waals surface area (Å²) in [5, 5.41) is 8.92. The number of likely N-dealkylation sites (tertiary alicyclic amines) is 1. The second-order valence-corrected chi connectivity index (χ2v) is 3.24. The van der Waals surface area contributed by atoms with Crippen molar-refractivity contribution >= 4 is 6.09 Å². The number of carboxylic acid groups (broad SMARTS) is 1. The third kappa shape index (κ3) is 1.53. The molecule has 1 aromatic heterocycles. The molecular formula is C9H11N3O2. The maximum atomic E-state index is 10.9. The highest BCUT2D eigenvalue weighted by molar-refractivity contribution is 5.65. The Morgan fingerprint density at radius 3 is 2.86 bits per heavy atom. The van der Waals surface area contributed by atoms with Crippen molar-refractivity contribution in [2.45, 2.75) is 18.9 Å². The quantitative estimate of drug-likeness (QED) is 0.729. The molecule has 2 heterocycles. The molecule has 1 aliphatic heterocycles. The van der Waals surface area contributed by atoms with E-state index in [9.17, 15) is 4.79 Å². The van der Waals surface area contributed by atoms with Crippen molar-refractivity contribution in [3.63, 3.8) is 0 Å². The lowest BCUT2D eigenvalue weighted by Crippen LogP contribution is -2.29. The van der Waals surface area contributed by atoms with Crippen LogP contribution in [-0.2, 0) is 0 Å². The number of hydrogen-bond donors (Lipinski definition) is 1. The van der Waals surface area contributed by atoms with E-state index in [-0.39, 0.29) is 6.04 Å². The highest BCUT2D eigenvalue weighted by atomic mass is 16.4.